The van der Waals surface area contributed by atoms with Crippen molar-refractivity contribution in [3.63, 3.8) is 0 Å². The Morgan fingerprint density at radius 3 is 2.39 bits per heavy atom. The van der Waals surface area contributed by atoms with Gasteiger partial charge in [0.2, 0.25) is 11.0 Å². The van der Waals surface area contributed by atoms with Gasteiger partial charge in [-0.2, -0.15) is 5.10 Å². The van der Waals surface area contributed by atoms with Crippen LogP contribution in [0.15, 0.2) is 60.7 Å². The van der Waals surface area contributed by atoms with Crippen molar-refractivity contribution >= 4 is 22.4 Å². The summed E-state index contributed by atoms with van der Waals surface area (Å²) < 4.78 is 1.87. The number of carbonyl (C=O) groups is 1. The summed E-state index contributed by atoms with van der Waals surface area (Å²) in [4.78, 5) is 12.6. The molecule has 140 valence electrons. The Morgan fingerprint density at radius 2 is 1.68 bits per heavy atom. The van der Waals surface area contributed by atoms with Crippen LogP contribution >= 0.6 is 11.3 Å². The zero-order valence-corrected chi connectivity index (χ0v) is 16.4. The number of aromatic nitrogens is 4. The molecule has 1 N–H and O–H groups in total. The number of nitrogens with zero attached hydrogens (tertiary/aromatic N) is 4. The summed E-state index contributed by atoms with van der Waals surface area (Å²) in [6.07, 6.45) is 0.241. The average Bonchev–Trinajstić information content (AvgIpc) is 3.29. The molecule has 4 aromatic rings. The molecule has 0 unspecified atom stereocenters. The summed E-state index contributed by atoms with van der Waals surface area (Å²) in [6, 6.07) is 19.7. The fourth-order valence-corrected chi connectivity index (χ4v) is 3.81. The smallest absolute Gasteiger partial charge is 0.230 e. The third-order valence-corrected chi connectivity index (χ3v) is 5.36. The third-order valence-electron chi connectivity index (χ3n) is 4.47. The van der Waals surface area contributed by atoms with Gasteiger partial charge in [0.05, 0.1) is 17.8 Å². The van der Waals surface area contributed by atoms with Crippen LogP contribution < -0.4 is 5.32 Å². The van der Waals surface area contributed by atoms with E-state index in [1.807, 2.05) is 79.2 Å². The quantitative estimate of drug-likeness (QED) is 0.555. The van der Waals surface area contributed by atoms with Crippen molar-refractivity contribution in [2.45, 2.75) is 20.3 Å². The predicted octanol–water partition coefficient (Wildman–Crippen LogP) is 4.19. The topological polar surface area (TPSA) is 72.7 Å². The standard InChI is InChI=1S/C21H19N5OS/c1-14-18(15(2)26(25-14)17-11-7-4-8-12-17)13-19(27)22-21-24-23-20(28-21)16-9-5-3-6-10-16/h3-12H,13H2,1-2H3,(H,22,24,27). The van der Waals surface area contributed by atoms with E-state index in [9.17, 15) is 4.79 Å². The fraction of sp³-hybridized carbons (Fsp3) is 0.143. The summed E-state index contributed by atoms with van der Waals surface area (Å²) in [5.74, 6) is -0.130. The second-order valence-electron chi connectivity index (χ2n) is 6.40. The van der Waals surface area contributed by atoms with E-state index < -0.39 is 0 Å². The van der Waals surface area contributed by atoms with Crippen molar-refractivity contribution in [2.24, 2.45) is 0 Å². The summed E-state index contributed by atoms with van der Waals surface area (Å²) in [6.45, 7) is 3.90. The second kappa shape index (κ2) is 7.74. The molecule has 0 aliphatic heterocycles. The maximum absolute atomic E-state index is 12.6. The molecule has 28 heavy (non-hydrogen) atoms. The van der Waals surface area contributed by atoms with Crippen LogP contribution in [0.5, 0.6) is 0 Å². The highest BCUT2D eigenvalue weighted by atomic mass is 32.1. The molecule has 2 aromatic heterocycles. The molecule has 0 atom stereocenters. The van der Waals surface area contributed by atoms with E-state index in [1.54, 1.807) is 0 Å². The monoisotopic (exact) mass is 389 g/mol. The van der Waals surface area contributed by atoms with Crippen molar-refractivity contribution in [1.29, 1.82) is 0 Å². The van der Waals surface area contributed by atoms with Crippen molar-refractivity contribution < 1.29 is 4.79 Å². The Balaban J connectivity index is 1.49. The lowest BCUT2D eigenvalue weighted by Crippen LogP contribution is -2.15. The number of nitrogens with one attached hydrogen (secondary N) is 1. The van der Waals surface area contributed by atoms with Gasteiger partial charge in [-0.1, -0.05) is 59.9 Å². The lowest BCUT2D eigenvalue weighted by Gasteiger charge is -2.05. The Labute approximate surface area is 166 Å². The Hall–Kier alpha value is -3.32. The molecule has 2 aromatic carbocycles. The van der Waals surface area contributed by atoms with Crippen molar-refractivity contribution in [3.8, 4) is 16.3 Å². The molecule has 0 spiro atoms. The molecular weight excluding hydrogens is 370 g/mol. The number of hydrogen-bond donors (Lipinski definition) is 1. The van der Waals surface area contributed by atoms with Crippen LogP contribution in [0, 0.1) is 13.8 Å². The van der Waals surface area contributed by atoms with Gasteiger partial charge in [-0.05, 0) is 26.0 Å². The second-order valence-corrected chi connectivity index (χ2v) is 7.38. The van der Waals surface area contributed by atoms with E-state index in [1.165, 1.54) is 11.3 Å². The third kappa shape index (κ3) is 3.70. The van der Waals surface area contributed by atoms with Crippen LogP contribution in [0.25, 0.3) is 16.3 Å². The molecule has 4 rings (SSSR count). The van der Waals surface area contributed by atoms with Crippen LogP contribution in [0.1, 0.15) is 17.0 Å². The van der Waals surface area contributed by atoms with Gasteiger partial charge in [0.1, 0.15) is 5.01 Å². The lowest BCUT2D eigenvalue weighted by molar-refractivity contribution is -0.115. The van der Waals surface area contributed by atoms with Crippen LogP contribution in [-0.4, -0.2) is 25.9 Å². The van der Waals surface area contributed by atoms with Gasteiger partial charge in [0.25, 0.3) is 0 Å². The van der Waals surface area contributed by atoms with E-state index in [0.717, 1.165) is 33.2 Å². The number of aryl methyl sites for hydroxylation is 1. The van der Waals surface area contributed by atoms with Gasteiger partial charge in [0, 0.05) is 16.8 Å². The molecule has 0 bridgehead atoms. The highest BCUT2D eigenvalue weighted by Gasteiger charge is 2.17. The maximum atomic E-state index is 12.6. The fourth-order valence-electron chi connectivity index (χ4n) is 3.05. The largest absolute Gasteiger partial charge is 0.300 e. The minimum atomic E-state index is -0.130. The SMILES string of the molecule is Cc1nn(-c2ccccc2)c(C)c1CC(=O)Nc1nnc(-c2ccccc2)s1. The number of rotatable bonds is 5. The number of benzene rings is 2. The highest BCUT2D eigenvalue weighted by molar-refractivity contribution is 7.18. The molecule has 7 heteroatoms. The zero-order chi connectivity index (χ0) is 19.5. The number of hydrogen-bond acceptors (Lipinski definition) is 5. The first-order chi connectivity index (χ1) is 13.6. The first kappa shape index (κ1) is 18.1. The molecule has 0 aliphatic carbocycles. The molecule has 0 saturated carbocycles. The van der Waals surface area contributed by atoms with Gasteiger partial charge in [0.15, 0.2) is 0 Å². The van der Waals surface area contributed by atoms with E-state index >= 15 is 0 Å². The molecule has 0 radical (unpaired) electrons. The zero-order valence-electron chi connectivity index (χ0n) is 15.6. The normalized spacial score (nSPS) is 10.8. The van der Waals surface area contributed by atoms with Gasteiger partial charge >= 0.3 is 0 Å². The number of anilines is 1. The minimum Gasteiger partial charge on any atom is -0.300 e. The minimum absolute atomic E-state index is 0.130. The van der Waals surface area contributed by atoms with E-state index in [4.69, 9.17) is 0 Å². The summed E-state index contributed by atoms with van der Waals surface area (Å²) >= 11 is 1.36. The summed E-state index contributed by atoms with van der Waals surface area (Å²) in [7, 11) is 0. The number of carbonyl (C=O) groups excluding carboxylic acids is 1. The van der Waals surface area contributed by atoms with E-state index in [-0.39, 0.29) is 12.3 Å². The van der Waals surface area contributed by atoms with E-state index in [0.29, 0.717) is 5.13 Å². The highest BCUT2D eigenvalue weighted by Crippen LogP contribution is 2.26. The van der Waals surface area contributed by atoms with Crippen LogP contribution in [0.2, 0.25) is 0 Å². The molecular formula is C21H19N5OS. The van der Waals surface area contributed by atoms with Gasteiger partial charge in [-0.25, -0.2) is 4.68 Å². The molecule has 0 fully saturated rings. The van der Waals surface area contributed by atoms with Crippen LogP contribution in [-0.2, 0) is 11.2 Å². The first-order valence-electron chi connectivity index (χ1n) is 8.91. The van der Waals surface area contributed by atoms with Crippen molar-refractivity contribution in [1.82, 2.24) is 20.0 Å². The number of para-hydroxylation sites is 1. The molecule has 0 aliphatic rings. The molecule has 6 nitrogen and oxygen atoms in total. The lowest BCUT2D eigenvalue weighted by atomic mass is 10.1. The summed E-state index contributed by atoms with van der Waals surface area (Å²) in [5, 5.41) is 17.0. The Bertz CT molecular complexity index is 1100. The Kier molecular flexibility index (Phi) is 4.99. The van der Waals surface area contributed by atoms with Gasteiger partial charge in [-0.3, -0.25) is 4.79 Å². The molecule has 1 amide bonds. The van der Waals surface area contributed by atoms with Gasteiger partial charge < -0.3 is 5.32 Å². The summed E-state index contributed by atoms with van der Waals surface area (Å²) in [5.41, 5.74) is 4.69. The molecule has 2 heterocycles. The number of amides is 1. The van der Waals surface area contributed by atoms with Crippen molar-refractivity contribution in [3.05, 3.63) is 77.6 Å². The predicted molar refractivity (Wildman–Crippen MR) is 111 cm³/mol. The molecule has 0 saturated heterocycles. The van der Waals surface area contributed by atoms with Crippen LogP contribution in [0.4, 0.5) is 5.13 Å². The van der Waals surface area contributed by atoms with E-state index in [2.05, 4.69) is 20.6 Å². The van der Waals surface area contributed by atoms with Gasteiger partial charge in [-0.15, -0.1) is 10.2 Å². The average molecular weight is 389 g/mol. The van der Waals surface area contributed by atoms with Crippen LogP contribution in [0.3, 0.4) is 0 Å². The van der Waals surface area contributed by atoms with Crippen molar-refractivity contribution in [2.75, 3.05) is 5.32 Å². The maximum Gasteiger partial charge on any atom is 0.230 e. The Morgan fingerprint density at radius 1 is 1.00 bits per heavy atom. The first-order valence-corrected chi connectivity index (χ1v) is 9.73.